The molecule has 8 heteroatoms. The van der Waals surface area contributed by atoms with E-state index >= 15 is 0 Å². The molecule has 2 N–H and O–H groups in total. The second-order valence-corrected chi connectivity index (χ2v) is 9.04. The number of urea groups is 1. The fraction of sp³-hybridized carbons (Fsp3) is 0.375. The number of hydrogen-bond acceptors (Lipinski definition) is 5. The van der Waals surface area contributed by atoms with Crippen LogP contribution in [0.25, 0.3) is 5.00 Å². The van der Waals surface area contributed by atoms with Crippen LogP contribution in [0, 0.1) is 0 Å². The number of anilines is 1. The number of amides is 2. The molecule has 170 valence electrons. The van der Waals surface area contributed by atoms with Crippen LogP contribution in [-0.4, -0.2) is 43.3 Å². The second-order valence-electron chi connectivity index (χ2n) is 7.96. The maximum Gasteiger partial charge on any atom is 0.319 e. The minimum Gasteiger partial charge on any atom is -0.497 e. The summed E-state index contributed by atoms with van der Waals surface area (Å²) in [4.78, 5) is 16.7. The highest BCUT2D eigenvalue weighted by Gasteiger charge is 2.28. The first-order valence-corrected chi connectivity index (χ1v) is 11.6. The first-order chi connectivity index (χ1) is 15.5. The molecule has 1 unspecified atom stereocenters. The molecule has 4 rings (SSSR count). The molecule has 1 aliphatic rings. The van der Waals surface area contributed by atoms with E-state index < -0.39 is 0 Å². The summed E-state index contributed by atoms with van der Waals surface area (Å²) < 4.78 is 12.8. The summed E-state index contributed by atoms with van der Waals surface area (Å²) in [5.41, 5.74) is 3.23. The van der Waals surface area contributed by atoms with Gasteiger partial charge in [0.15, 0.2) is 0 Å². The number of ether oxygens (including phenoxy) is 2. The van der Waals surface area contributed by atoms with Crippen molar-refractivity contribution in [2.45, 2.75) is 32.4 Å². The van der Waals surface area contributed by atoms with Crippen molar-refractivity contribution in [1.82, 2.24) is 14.8 Å². The molecule has 32 heavy (non-hydrogen) atoms. The molecule has 0 saturated carbocycles. The van der Waals surface area contributed by atoms with Gasteiger partial charge in [0.1, 0.15) is 16.5 Å². The van der Waals surface area contributed by atoms with Gasteiger partial charge in [-0.15, -0.1) is 11.3 Å². The Balaban J connectivity index is 1.61. The van der Waals surface area contributed by atoms with Crippen molar-refractivity contribution in [2.75, 3.05) is 33.1 Å². The second kappa shape index (κ2) is 9.67. The number of carbonyl (C=O) groups excluding carboxylic acids is 1. The van der Waals surface area contributed by atoms with Gasteiger partial charge in [-0.1, -0.05) is 6.92 Å². The number of rotatable bonds is 7. The van der Waals surface area contributed by atoms with Crippen LogP contribution < -0.4 is 20.1 Å². The van der Waals surface area contributed by atoms with E-state index in [0.29, 0.717) is 17.2 Å². The summed E-state index contributed by atoms with van der Waals surface area (Å²) >= 11 is 1.82. The number of hydrogen-bond donors (Lipinski definition) is 2. The quantitative estimate of drug-likeness (QED) is 0.537. The van der Waals surface area contributed by atoms with Crippen LogP contribution in [0.15, 0.2) is 42.7 Å². The Hall–Kier alpha value is -2.97. The van der Waals surface area contributed by atoms with Gasteiger partial charge in [0.05, 0.1) is 20.3 Å². The van der Waals surface area contributed by atoms with Crippen molar-refractivity contribution in [3.63, 3.8) is 0 Å². The molecule has 3 aromatic rings. The van der Waals surface area contributed by atoms with Crippen molar-refractivity contribution in [3.8, 4) is 16.5 Å². The van der Waals surface area contributed by atoms with E-state index in [2.05, 4.69) is 46.5 Å². The van der Waals surface area contributed by atoms with Crippen molar-refractivity contribution in [3.05, 3.63) is 58.7 Å². The summed E-state index contributed by atoms with van der Waals surface area (Å²) in [7, 11) is 5.33. The van der Waals surface area contributed by atoms with Crippen molar-refractivity contribution >= 4 is 23.1 Å². The van der Waals surface area contributed by atoms with E-state index in [-0.39, 0.29) is 12.1 Å². The molecule has 3 heterocycles. The molecule has 7 nitrogen and oxygen atoms in total. The lowest BCUT2D eigenvalue weighted by Crippen LogP contribution is -2.34. The zero-order valence-corrected chi connectivity index (χ0v) is 19.8. The number of benzene rings is 1. The number of aromatic nitrogens is 1. The first kappa shape index (κ1) is 22.2. The largest absolute Gasteiger partial charge is 0.497 e. The summed E-state index contributed by atoms with van der Waals surface area (Å²) in [6.07, 6.45) is 5.92. The number of nitrogens with zero attached hydrogens (tertiary/aromatic N) is 2. The van der Waals surface area contributed by atoms with E-state index in [1.165, 1.54) is 21.0 Å². The number of likely N-dealkylation sites (N-methyl/N-ethyl adjacent to an activating group) is 1. The maximum atomic E-state index is 13.0. The third kappa shape index (κ3) is 4.61. The Bertz CT molecular complexity index is 1060. The normalized spacial score (nSPS) is 14.5. The minimum atomic E-state index is -0.251. The summed E-state index contributed by atoms with van der Waals surface area (Å²) in [5.74, 6) is 1.25. The number of fused-ring (bicyclic) bond motifs is 1. The number of methoxy groups -OCH3 is 2. The van der Waals surface area contributed by atoms with Crippen LogP contribution >= 0.6 is 11.3 Å². The van der Waals surface area contributed by atoms with Gasteiger partial charge in [-0.05, 0) is 37.6 Å². The Kier molecular flexibility index (Phi) is 6.72. The third-order valence-corrected chi connectivity index (χ3v) is 7.03. The fourth-order valence-electron chi connectivity index (χ4n) is 4.15. The SMILES string of the molecule is CCC(NC(=O)Nc1cc(OC)cc(OC)c1)c1c(-n2cccc2)sc2c1CCN(C)C2. The van der Waals surface area contributed by atoms with Crippen molar-refractivity contribution in [2.24, 2.45) is 0 Å². The first-order valence-electron chi connectivity index (χ1n) is 10.8. The molecular formula is C24H30N4O3S. The predicted molar refractivity (Wildman–Crippen MR) is 128 cm³/mol. The highest BCUT2D eigenvalue weighted by atomic mass is 32.1. The maximum absolute atomic E-state index is 13.0. The lowest BCUT2D eigenvalue weighted by atomic mass is 9.96. The highest BCUT2D eigenvalue weighted by molar-refractivity contribution is 7.15. The van der Waals surface area contributed by atoms with Crippen LogP contribution in [-0.2, 0) is 13.0 Å². The molecule has 0 radical (unpaired) electrons. The van der Waals surface area contributed by atoms with Gasteiger partial charge in [-0.3, -0.25) is 0 Å². The smallest absolute Gasteiger partial charge is 0.319 e. The topological polar surface area (TPSA) is 67.8 Å². The zero-order valence-electron chi connectivity index (χ0n) is 19.0. The molecule has 2 aromatic heterocycles. The zero-order chi connectivity index (χ0) is 22.7. The highest BCUT2D eigenvalue weighted by Crippen LogP contribution is 2.40. The van der Waals surface area contributed by atoms with Crippen LogP contribution in [0.2, 0.25) is 0 Å². The van der Waals surface area contributed by atoms with Gasteiger partial charge >= 0.3 is 6.03 Å². The van der Waals surface area contributed by atoms with E-state index in [1.807, 2.05) is 23.5 Å². The Morgan fingerprint density at radius 3 is 2.47 bits per heavy atom. The van der Waals surface area contributed by atoms with Crippen molar-refractivity contribution < 1.29 is 14.3 Å². The third-order valence-electron chi connectivity index (χ3n) is 5.78. The summed E-state index contributed by atoms with van der Waals surface area (Å²) in [6.45, 7) is 4.08. The molecule has 0 aliphatic carbocycles. The van der Waals surface area contributed by atoms with Gasteiger partial charge in [-0.25, -0.2) is 4.79 Å². The van der Waals surface area contributed by atoms with Crippen LogP contribution in [0.3, 0.4) is 0 Å². The lowest BCUT2D eigenvalue weighted by Gasteiger charge is -2.25. The molecule has 0 spiro atoms. The van der Waals surface area contributed by atoms with E-state index in [1.54, 1.807) is 32.4 Å². The Labute approximate surface area is 192 Å². The number of carbonyl (C=O) groups is 1. The standard InChI is InChI=1S/C24H30N4O3S/c1-5-20(26-24(29)25-16-12-17(30-3)14-18(13-16)31-4)22-19-8-11-27(2)15-21(19)32-23(22)28-9-6-7-10-28/h6-7,9-10,12-14,20H,5,8,11,15H2,1-4H3,(H2,25,26,29). The number of thiophene rings is 1. The van der Waals surface area contributed by atoms with E-state index in [4.69, 9.17) is 9.47 Å². The molecule has 0 bridgehead atoms. The molecule has 1 aliphatic heterocycles. The van der Waals surface area contributed by atoms with Crippen molar-refractivity contribution in [1.29, 1.82) is 0 Å². The van der Waals surface area contributed by atoms with Crippen LogP contribution in [0.1, 0.15) is 35.4 Å². The van der Waals surface area contributed by atoms with Gasteiger partial charge in [0.25, 0.3) is 0 Å². The summed E-state index contributed by atoms with van der Waals surface area (Å²) in [6, 6.07) is 9.04. The summed E-state index contributed by atoms with van der Waals surface area (Å²) in [5, 5.41) is 7.33. The van der Waals surface area contributed by atoms with Crippen LogP contribution in [0.4, 0.5) is 10.5 Å². The molecule has 1 aromatic carbocycles. The fourth-order valence-corrected chi connectivity index (χ4v) is 5.60. The van der Waals surface area contributed by atoms with Gasteiger partial charge in [0.2, 0.25) is 0 Å². The molecular weight excluding hydrogens is 424 g/mol. The van der Waals surface area contributed by atoms with Gasteiger partial charge < -0.3 is 29.6 Å². The van der Waals surface area contributed by atoms with Crippen LogP contribution in [0.5, 0.6) is 11.5 Å². The molecule has 1 atom stereocenters. The van der Waals surface area contributed by atoms with E-state index in [9.17, 15) is 4.79 Å². The predicted octanol–water partition coefficient (Wildman–Crippen LogP) is 4.82. The number of nitrogens with one attached hydrogen (secondary N) is 2. The minimum absolute atomic E-state index is 0.0942. The molecule has 0 fully saturated rings. The monoisotopic (exact) mass is 454 g/mol. The Morgan fingerprint density at radius 1 is 1.16 bits per heavy atom. The lowest BCUT2D eigenvalue weighted by molar-refractivity contribution is 0.248. The average molecular weight is 455 g/mol. The Morgan fingerprint density at radius 2 is 1.84 bits per heavy atom. The average Bonchev–Trinajstić information content (AvgIpc) is 3.44. The van der Waals surface area contributed by atoms with Gasteiger partial charge in [0, 0.05) is 59.8 Å². The van der Waals surface area contributed by atoms with Gasteiger partial charge in [-0.2, -0.15) is 0 Å². The molecule has 0 saturated heterocycles. The molecule has 2 amide bonds. The van der Waals surface area contributed by atoms with E-state index in [0.717, 1.165) is 25.9 Å².